The van der Waals surface area contributed by atoms with Crippen LogP contribution in [0.2, 0.25) is 0 Å². The highest BCUT2D eigenvalue weighted by molar-refractivity contribution is 8.00. The molecule has 35 heavy (non-hydrogen) atoms. The number of anilines is 1. The molecular weight excluding hydrogens is 464 g/mol. The average Bonchev–Trinajstić information content (AvgIpc) is 2.83. The third-order valence-electron chi connectivity index (χ3n) is 6.49. The first kappa shape index (κ1) is 26.4. The van der Waals surface area contributed by atoms with E-state index < -0.39 is 28.8 Å². The van der Waals surface area contributed by atoms with Gasteiger partial charge in [-0.2, -0.15) is 11.8 Å². The van der Waals surface area contributed by atoms with Crippen LogP contribution < -0.4 is 21.7 Å². The number of carbonyl (C=O) groups is 3. The predicted molar refractivity (Wildman–Crippen MR) is 139 cm³/mol. The number of carbonyl (C=O) groups excluding carboxylic acids is 2. The molecule has 3 atom stereocenters. The van der Waals surface area contributed by atoms with Crippen molar-refractivity contribution in [2.45, 2.75) is 62.4 Å². The minimum absolute atomic E-state index is 0.145. The summed E-state index contributed by atoms with van der Waals surface area (Å²) in [5.74, 6) is -0.862. The van der Waals surface area contributed by atoms with Gasteiger partial charge in [0.25, 0.3) is 0 Å². The summed E-state index contributed by atoms with van der Waals surface area (Å²) in [6.45, 7) is 3.57. The summed E-state index contributed by atoms with van der Waals surface area (Å²) < 4.78 is -0.729. The number of benzene rings is 2. The lowest BCUT2D eigenvalue weighted by Crippen LogP contribution is -2.60. The van der Waals surface area contributed by atoms with Gasteiger partial charge in [0.1, 0.15) is 12.1 Å². The van der Waals surface area contributed by atoms with E-state index in [1.165, 1.54) is 17.3 Å². The maximum atomic E-state index is 13.5. The summed E-state index contributed by atoms with van der Waals surface area (Å²) in [4.78, 5) is 38.2. The van der Waals surface area contributed by atoms with Crippen LogP contribution in [0.1, 0.15) is 49.4 Å². The Hall–Kier alpha value is -3.20. The van der Waals surface area contributed by atoms with Gasteiger partial charge in [-0.1, -0.05) is 36.4 Å². The normalized spacial score (nSPS) is 16.9. The minimum Gasteiger partial charge on any atom is -0.465 e. The quantitative estimate of drug-likeness (QED) is 0.337. The summed E-state index contributed by atoms with van der Waals surface area (Å²) in [6.07, 6.45) is 3.50. The molecule has 9 heteroatoms. The fraction of sp³-hybridized carbons (Fsp3) is 0.423. The molecule has 0 heterocycles. The number of amides is 3. The summed E-state index contributed by atoms with van der Waals surface area (Å²) >= 11 is 1.37. The zero-order valence-electron chi connectivity index (χ0n) is 20.3. The Bertz CT molecular complexity index is 1060. The number of nitrogen functional groups attached to an aromatic ring is 1. The Morgan fingerprint density at radius 1 is 1.09 bits per heavy atom. The largest absolute Gasteiger partial charge is 0.465 e. The second kappa shape index (κ2) is 11.5. The van der Waals surface area contributed by atoms with Crippen molar-refractivity contribution in [1.29, 1.82) is 0 Å². The van der Waals surface area contributed by atoms with E-state index in [0.29, 0.717) is 5.69 Å². The molecule has 2 aromatic rings. The van der Waals surface area contributed by atoms with Crippen molar-refractivity contribution < 1.29 is 19.5 Å². The number of hydrogen-bond donors (Lipinski definition) is 5. The Morgan fingerprint density at radius 3 is 2.43 bits per heavy atom. The number of carboxylic acid groups (broad SMARTS) is 1. The molecule has 0 aromatic heterocycles. The molecule has 0 bridgehead atoms. The van der Waals surface area contributed by atoms with Crippen LogP contribution in [0.4, 0.5) is 10.5 Å². The molecule has 3 rings (SSSR count). The number of thioether (sulfide) groups is 1. The monoisotopic (exact) mass is 498 g/mol. The van der Waals surface area contributed by atoms with Crippen LogP contribution in [-0.4, -0.2) is 46.1 Å². The van der Waals surface area contributed by atoms with Crippen LogP contribution in [0.5, 0.6) is 0 Å². The number of hydrogen-bond acceptors (Lipinski definition) is 5. The lowest BCUT2D eigenvalue weighted by Gasteiger charge is -2.33. The number of aryl methyl sites for hydroxylation is 1. The van der Waals surface area contributed by atoms with Gasteiger partial charge in [0.15, 0.2) is 0 Å². The van der Waals surface area contributed by atoms with Gasteiger partial charge in [0.2, 0.25) is 11.8 Å². The fourth-order valence-electron chi connectivity index (χ4n) is 4.33. The van der Waals surface area contributed by atoms with Gasteiger partial charge in [-0.3, -0.25) is 9.59 Å². The van der Waals surface area contributed by atoms with Crippen molar-refractivity contribution in [2.75, 3.05) is 12.0 Å². The van der Waals surface area contributed by atoms with Crippen LogP contribution in [-0.2, 0) is 22.4 Å². The highest BCUT2D eigenvalue weighted by Crippen LogP contribution is 2.30. The van der Waals surface area contributed by atoms with Crippen molar-refractivity contribution in [2.24, 2.45) is 0 Å². The van der Waals surface area contributed by atoms with Crippen molar-refractivity contribution >= 4 is 35.4 Å². The summed E-state index contributed by atoms with van der Waals surface area (Å²) in [5, 5.41) is 17.6. The van der Waals surface area contributed by atoms with E-state index in [2.05, 4.69) is 22.0 Å². The molecule has 3 amide bonds. The van der Waals surface area contributed by atoms with Crippen LogP contribution in [0.15, 0.2) is 48.5 Å². The molecule has 0 fully saturated rings. The summed E-state index contributed by atoms with van der Waals surface area (Å²) in [6, 6.07) is 13.1. The van der Waals surface area contributed by atoms with Crippen molar-refractivity contribution in [3.63, 3.8) is 0 Å². The van der Waals surface area contributed by atoms with Crippen molar-refractivity contribution in [3.8, 4) is 0 Å². The molecule has 0 saturated heterocycles. The molecule has 1 aliphatic rings. The minimum atomic E-state index is -1.30. The zero-order chi connectivity index (χ0) is 25.6. The molecule has 6 N–H and O–H groups in total. The Kier molecular flexibility index (Phi) is 8.67. The van der Waals surface area contributed by atoms with Crippen LogP contribution in [0.25, 0.3) is 0 Å². The topological polar surface area (TPSA) is 134 Å². The summed E-state index contributed by atoms with van der Waals surface area (Å²) in [5.41, 5.74) is 9.55. The molecule has 1 aliphatic carbocycles. The van der Waals surface area contributed by atoms with E-state index in [-0.39, 0.29) is 18.4 Å². The lowest BCUT2D eigenvalue weighted by atomic mass is 9.87. The van der Waals surface area contributed by atoms with Gasteiger partial charge in [-0.05, 0) is 68.2 Å². The van der Waals surface area contributed by atoms with Crippen LogP contribution in [0, 0.1) is 0 Å². The maximum Gasteiger partial charge on any atom is 0.405 e. The molecule has 0 radical (unpaired) electrons. The smallest absolute Gasteiger partial charge is 0.405 e. The number of nitrogens with two attached hydrogens (primary N) is 1. The molecule has 8 nitrogen and oxygen atoms in total. The van der Waals surface area contributed by atoms with E-state index in [9.17, 15) is 19.5 Å². The number of nitrogens with one attached hydrogen (secondary N) is 3. The molecule has 0 spiro atoms. The second-order valence-electron chi connectivity index (χ2n) is 9.35. The SMILES string of the molecule is CSC(C)(C)[C@H](NC(=O)O)C(=O)N[C@@H](Cc1ccc(N)cc1)C(=O)N[C@@H]1CCCc2ccccc21. The number of rotatable bonds is 9. The standard InChI is InChI=1S/C26H34N4O4S/c1-26(2,35-3)22(30-25(33)34)24(32)29-21(15-16-11-13-18(27)14-12-16)23(31)28-20-10-6-8-17-7-4-5-9-19(17)20/h4-5,7,9,11-14,20-22,30H,6,8,10,15,27H2,1-3H3,(H,28,31)(H,29,32)(H,33,34)/t20-,21+,22-/m1/s1. The molecule has 2 aromatic carbocycles. The Labute approximate surface area is 210 Å². The summed E-state index contributed by atoms with van der Waals surface area (Å²) in [7, 11) is 0. The van der Waals surface area contributed by atoms with Crippen LogP contribution in [0.3, 0.4) is 0 Å². The van der Waals surface area contributed by atoms with Crippen molar-refractivity contribution in [1.82, 2.24) is 16.0 Å². The third kappa shape index (κ3) is 6.91. The third-order valence-corrected chi connectivity index (χ3v) is 7.78. The predicted octanol–water partition coefficient (Wildman–Crippen LogP) is 3.27. The molecule has 0 saturated carbocycles. The highest BCUT2D eigenvalue weighted by Gasteiger charge is 2.38. The van der Waals surface area contributed by atoms with Gasteiger partial charge in [-0.15, -0.1) is 0 Å². The van der Waals surface area contributed by atoms with Crippen LogP contribution >= 0.6 is 11.8 Å². The Balaban J connectivity index is 1.84. The van der Waals surface area contributed by atoms with Gasteiger partial charge in [-0.25, -0.2) is 4.79 Å². The van der Waals surface area contributed by atoms with E-state index in [1.54, 1.807) is 26.0 Å². The average molecular weight is 499 g/mol. The van der Waals surface area contributed by atoms with E-state index in [1.807, 2.05) is 36.6 Å². The van der Waals surface area contributed by atoms with E-state index >= 15 is 0 Å². The number of fused-ring (bicyclic) bond motifs is 1. The molecular formula is C26H34N4O4S. The van der Waals surface area contributed by atoms with E-state index in [0.717, 1.165) is 30.4 Å². The first-order valence-electron chi connectivity index (χ1n) is 11.7. The zero-order valence-corrected chi connectivity index (χ0v) is 21.2. The van der Waals surface area contributed by atoms with Crippen molar-refractivity contribution in [3.05, 3.63) is 65.2 Å². The van der Waals surface area contributed by atoms with Gasteiger partial charge >= 0.3 is 6.09 Å². The van der Waals surface area contributed by atoms with Gasteiger partial charge in [0, 0.05) is 16.9 Å². The highest BCUT2D eigenvalue weighted by atomic mass is 32.2. The second-order valence-corrected chi connectivity index (χ2v) is 10.8. The Morgan fingerprint density at radius 2 is 1.77 bits per heavy atom. The lowest BCUT2D eigenvalue weighted by molar-refractivity contribution is -0.130. The van der Waals surface area contributed by atoms with Gasteiger partial charge < -0.3 is 26.8 Å². The maximum absolute atomic E-state index is 13.5. The molecule has 0 unspecified atom stereocenters. The molecule has 188 valence electrons. The van der Waals surface area contributed by atoms with E-state index in [4.69, 9.17) is 5.73 Å². The first-order valence-corrected chi connectivity index (χ1v) is 12.9. The fourth-order valence-corrected chi connectivity index (χ4v) is 4.73. The first-order chi connectivity index (χ1) is 16.6. The molecule has 0 aliphatic heterocycles. The van der Waals surface area contributed by atoms with Gasteiger partial charge in [0.05, 0.1) is 6.04 Å².